The van der Waals surface area contributed by atoms with Crippen LogP contribution in [0, 0.1) is 17.0 Å². The quantitative estimate of drug-likeness (QED) is 0.588. The molecule has 7 heteroatoms. The van der Waals surface area contributed by atoms with E-state index >= 15 is 0 Å². The Morgan fingerprint density at radius 2 is 1.75 bits per heavy atom. The number of rotatable bonds is 7. The molecule has 1 N–H and O–H groups in total. The Bertz CT molecular complexity index is 815. The molecule has 7 nitrogen and oxygen atoms in total. The fourth-order valence-electron chi connectivity index (χ4n) is 3.39. The summed E-state index contributed by atoms with van der Waals surface area (Å²) < 4.78 is 0. The first-order valence-electron chi connectivity index (χ1n) is 9.54. The highest BCUT2D eigenvalue weighted by Gasteiger charge is 2.17. The van der Waals surface area contributed by atoms with E-state index in [4.69, 9.17) is 0 Å². The molecule has 0 aliphatic carbocycles. The van der Waals surface area contributed by atoms with Crippen LogP contribution in [0.2, 0.25) is 0 Å². The van der Waals surface area contributed by atoms with Crippen LogP contribution in [0.15, 0.2) is 48.5 Å². The van der Waals surface area contributed by atoms with Gasteiger partial charge in [0.25, 0.3) is 5.69 Å². The van der Waals surface area contributed by atoms with E-state index in [-0.39, 0.29) is 11.6 Å². The van der Waals surface area contributed by atoms with Gasteiger partial charge in [-0.1, -0.05) is 29.8 Å². The van der Waals surface area contributed by atoms with Gasteiger partial charge in [-0.05, 0) is 24.6 Å². The minimum atomic E-state index is -0.454. The number of amides is 1. The second kappa shape index (κ2) is 9.43. The largest absolute Gasteiger partial charge is 0.326 e. The summed E-state index contributed by atoms with van der Waals surface area (Å²) >= 11 is 0. The third-order valence-electron chi connectivity index (χ3n) is 4.97. The highest BCUT2D eigenvalue weighted by atomic mass is 16.6. The maximum Gasteiger partial charge on any atom is 0.269 e. The third kappa shape index (κ3) is 5.87. The molecule has 2 aromatic rings. The standard InChI is InChI=1S/C21H26N4O3/c1-17-3-2-4-18(15-17)16-24-13-11-23(12-14-24)10-9-21(26)22-19-5-7-20(8-6-19)25(27)28/h2-8,15H,9-14,16H2,1H3,(H,22,26). The zero-order chi connectivity index (χ0) is 19.9. The van der Waals surface area contributed by atoms with Crippen LogP contribution in [-0.2, 0) is 11.3 Å². The summed E-state index contributed by atoms with van der Waals surface area (Å²) in [5.74, 6) is -0.0731. The van der Waals surface area contributed by atoms with Gasteiger partial charge in [-0.3, -0.25) is 19.8 Å². The lowest BCUT2D eigenvalue weighted by Crippen LogP contribution is -2.46. The predicted molar refractivity (Wildman–Crippen MR) is 109 cm³/mol. The first kappa shape index (κ1) is 20.0. The average molecular weight is 382 g/mol. The summed E-state index contributed by atoms with van der Waals surface area (Å²) in [4.78, 5) is 27.1. The maximum absolute atomic E-state index is 12.1. The van der Waals surface area contributed by atoms with Crippen molar-refractivity contribution in [3.63, 3.8) is 0 Å². The van der Waals surface area contributed by atoms with E-state index in [0.717, 1.165) is 39.3 Å². The van der Waals surface area contributed by atoms with E-state index in [9.17, 15) is 14.9 Å². The lowest BCUT2D eigenvalue weighted by molar-refractivity contribution is -0.384. The summed E-state index contributed by atoms with van der Waals surface area (Å²) in [5.41, 5.74) is 3.23. The molecule has 0 unspecified atom stereocenters. The van der Waals surface area contributed by atoms with Crippen molar-refractivity contribution in [3.8, 4) is 0 Å². The molecule has 0 aromatic heterocycles. The first-order valence-corrected chi connectivity index (χ1v) is 9.54. The normalized spacial score (nSPS) is 15.3. The van der Waals surface area contributed by atoms with Crippen LogP contribution in [0.3, 0.4) is 0 Å². The summed E-state index contributed by atoms with van der Waals surface area (Å²) in [5, 5.41) is 13.5. The number of nitrogens with one attached hydrogen (secondary N) is 1. The van der Waals surface area contributed by atoms with Crippen LogP contribution in [-0.4, -0.2) is 53.4 Å². The van der Waals surface area contributed by atoms with Crippen molar-refractivity contribution < 1.29 is 9.72 Å². The van der Waals surface area contributed by atoms with E-state index in [0.29, 0.717) is 12.1 Å². The summed E-state index contributed by atoms with van der Waals surface area (Å²) in [6.45, 7) is 7.71. The fourth-order valence-corrected chi connectivity index (χ4v) is 3.39. The summed E-state index contributed by atoms with van der Waals surface area (Å²) in [6, 6.07) is 14.5. The minimum absolute atomic E-state index is 0.0153. The second-order valence-electron chi connectivity index (χ2n) is 7.21. The average Bonchev–Trinajstić information content (AvgIpc) is 2.68. The number of carbonyl (C=O) groups excluding carboxylic acids is 1. The van der Waals surface area contributed by atoms with Gasteiger partial charge >= 0.3 is 0 Å². The van der Waals surface area contributed by atoms with Crippen molar-refractivity contribution in [2.45, 2.75) is 19.9 Å². The van der Waals surface area contributed by atoms with E-state index < -0.39 is 4.92 Å². The van der Waals surface area contributed by atoms with Crippen molar-refractivity contribution in [1.29, 1.82) is 0 Å². The molecule has 1 saturated heterocycles. The Morgan fingerprint density at radius 1 is 1.07 bits per heavy atom. The van der Waals surface area contributed by atoms with E-state index in [1.807, 2.05) is 0 Å². The number of anilines is 1. The highest BCUT2D eigenvalue weighted by Crippen LogP contribution is 2.16. The molecule has 28 heavy (non-hydrogen) atoms. The molecule has 1 heterocycles. The zero-order valence-electron chi connectivity index (χ0n) is 16.1. The fraction of sp³-hybridized carbons (Fsp3) is 0.381. The number of carbonyl (C=O) groups is 1. The molecule has 148 valence electrons. The molecule has 0 spiro atoms. The molecule has 0 saturated carbocycles. The number of nitro groups is 1. The Hall–Kier alpha value is -2.77. The lowest BCUT2D eigenvalue weighted by Gasteiger charge is -2.34. The number of piperazine rings is 1. The first-order chi connectivity index (χ1) is 13.5. The van der Waals surface area contributed by atoms with Gasteiger partial charge < -0.3 is 10.2 Å². The third-order valence-corrected chi connectivity index (χ3v) is 4.97. The molecule has 0 radical (unpaired) electrons. The Balaban J connectivity index is 1.37. The van der Waals surface area contributed by atoms with Crippen molar-refractivity contribution >= 4 is 17.3 Å². The SMILES string of the molecule is Cc1cccc(CN2CCN(CCC(=O)Nc3ccc([N+](=O)[O-])cc3)CC2)c1. The van der Waals surface area contributed by atoms with Crippen molar-refractivity contribution in [2.75, 3.05) is 38.0 Å². The van der Waals surface area contributed by atoms with E-state index in [1.54, 1.807) is 12.1 Å². The number of hydrogen-bond donors (Lipinski definition) is 1. The molecular weight excluding hydrogens is 356 g/mol. The Labute approximate surface area is 165 Å². The molecule has 1 fully saturated rings. The van der Waals surface area contributed by atoms with Crippen LogP contribution < -0.4 is 5.32 Å². The van der Waals surface area contributed by atoms with Gasteiger partial charge in [0.05, 0.1) is 4.92 Å². The van der Waals surface area contributed by atoms with Gasteiger partial charge in [0.1, 0.15) is 0 Å². The minimum Gasteiger partial charge on any atom is -0.326 e. The van der Waals surface area contributed by atoms with Crippen LogP contribution in [0.25, 0.3) is 0 Å². The van der Waals surface area contributed by atoms with Gasteiger partial charge in [-0.2, -0.15) is 0 Å². The summed E-state index contributed by atoms with van der Waals surface area (Å²) in [6.07, 6.45) is 0.412. The second-order valence-corrected chi connectivity index (χ2v) is 7.21. The molecule has 1 aliphatic rings. The van der Waals surface area contributed by atoms with Crippen LogP contribution >= 0.6 is 0 Å². The van der Waals surface area contributed by atoms with Crippen LogP contribution in [0.5, 0.6) is 0 Å². The van der Waals surface area contributed by atoms with Crippen LogP contribution in [0.1, 0.15) is 17.5 Å². The Kier molecular flexibility index (Phi) is 6.73. The number of hydrogen-bond acceptors (Lipinski definition) is 5. The highest BCUT2D eigenvalue weighted by molar-refractivity contribution is 5.90. The molecule has 2 aromatic carbocycles. The monoisotopic (exact) mass is 382 g/mol. The zero-order valence-corrected chi connectivity index (χ0v) is 16.1. The number of aryl methyl sites for hydroxylation is 1. The van der Waals surface area contributed by atoms with Gasteiger partial charge in [0.2, 0.25) is 5.91 Å². The van der Waals surface area contributed by atoms with Crippen molar-refractivity contribution in [2.24, 2.45) is 0 Å². The number of non-ortho nitro benzene ring substituents is 1. The number of nitro benzene ring substituents is 1. The topological polar surface area (TPSA) is 78.7 Å². The molecular formula is C21H26N4O3. The van der Waals surface area contributed by atoms with Crippen molar-refractivity contribution in [1.82, 2.24) is 9.80 Å². The summed E-state index contributed by atoms with van der Waals surface area (Å²) in [7, 11) is 0. The van der Waals surface area contributed by atoms with Crippen LogP contribution in [0.4, 0.5) is 11.4 Å². The molecule has 1 amide bonds. The van der Waals surface area contributed by atoms with E-state index in [1.165, 1.54) is 23.3 Å². The van der Waals surface area contributed by atoms with Gasteiger partial charge in [0, 0.05) is 63.5 Å². The van der Waals surface area contributed by atoms with Gasteiger partial charge in [-0.25, -0.2) is 0 Å². The van der Waals surface area contributed by atoms with E-state index in [2.05, 4.69) is 46.3 Å². The number of benzene rings is 2. The smallest absolute Gasteiger partial charge is 0.269 e. The van der Waals surface area contributed by atoms with Crippen molar-refractivity contribution in [3.05, 3.63) is 69.8 Å². The van der Waals surface area contributed by atoms with Gasteiger partial charge in [0.15, 0.2) is 0 Å². The molecule has 0 atom stereocenters. The lowest BCUT2D eigenvalue weighted by atomic mass is 10.1. The molecule has 0 bridgehead atoms. The number of nitrogens with zero attached hydrogens (tertiary/aromatic N) is 3. The Morgan fingerprint density at radius 3 is 2.39 bits per heavy atom. The predicted octanol–water partition coefficient (Wildman–Crippen LogP) is 3.05. The maximum atomic E-state index is 12.1. The molecule has 1 aliphatic heterocycles. The van der Waals surface area contributed by atoms with Gasteiger partial charge in [-0.15, -0.1) is 0 Å². The molecule has 3 rings (SSSR count).